The molecule has 0 spiro atoms. The molecule has 94 valence electrons. The lowest BCUT2D eigenvalue weighted by Crippen LogP contribution is -1.95. The Balaban J connectivity index is 2.13. The van der Waals surface area contributed by atoms with Crippen LogP contribution in [0.25, 0.3) is 22.7 Å². The van der Waals surface area contributed by atoms with Crippen molar-refractivity contribution >= 4 is 17.2 Å². The van der Waals surface area contributed by atoms with Gasteiger partial charge in [0.15, 0.2) is 11.2 Å². The maximum atomic E-state index is 10.9. The van der Waals surface area contributed by atoms with Crippen LogP contribution in [-0.4, -0.2) is 21.0 Å². The smallest absolute Gasteiger partial charge is 0.335 e. The number of carbonyl (C=O) groups is 1. The molecule has 0 saturated heterocycles. The number of aromatic nitrogens is 2. The second kappa shape index (κ2) is 4.20. The number of carboxylic acid groups (broad SMARTS) is 1. The molecule has 0 amide bonds. The van der Waals surface area contributed by atoms with Crippen LogP contribution in [0.15, 0.2) is 40.8 Å². The summed E-state index contributed by atoms with van der Waals surface area (Å²) < 4.78 is 5.58. The average molecular weight is 254 g/mol. The van der Waals surface area contributed by atoms with Crippen LogP contribution in [0.5, 0.6) is 0 Å². The largest absolute Gasteiger partial charge is 0.478 e. The Labute approximate surface area is 108 Å². The quantitative estimate of drug-likeness (QED) is 0.760. The van der Waals surface area contributed by atoms with E-state index in [0.29, 0.717) is 22.7 Å². The minimum Gasteiger partial charge on any atom is -0.478 e. The summed E-state index contributed by atoms with van der Waals surface area (Å²) in [5.74, 6) is -0.608. The number of hydrogen-bond donors (Lipinski definition) is 1. The number of pyridine rings is 1. The first kappa shape index (κ1) is 11.4. The number of hydrogen-bond acceptors (Lipinski definition) is 4. The predicted molar refractivity (Wildman–Crippen MR) is 68.9 cm³/mol. The molecule has 0 fully saturated rings. The lowest BCUT2D eigenvalue weighted by molar-refractivity contribution is 0.0697. The van der Waals surface area contributed by atoms with E-state index >= 15 is 0 Å². The predicted octanol–water partition coefficient (Wildman–Crippen LogP) is 2.90. The topological polar surface area (TPSA) is 76.2 Å². The first-order valence-corrected chi connectivity index (χ1v) is 5.71. The van der Waals surface area contributed by atoms with Crippen molar-refractivity contribution in [1.29, 1.82) is 0 Å². The molecule has 0 aliphatic rings. The Morgan fingerprint density at radius 3 is 2.84 bits per heavy atom. The Morgan fingerprint density at radius 2 is 2.05 bits per heavy atom. The van der Waals surface area contributed by atoms with Gasteiger partial charge in [0, 0.05) is 11.3 Å². The maximum absolute atomic E-state index is 10.9. The van der Waals surface area contributed by atoms with Crippen LogP contribution in [0.1, 0.15) is 16.1 Å². The number of benzene rings is 1. The fraction of sp³-hybridized carbons (Fsp3) is 0.0714. The van der Waals surface area contributed by atoms with E-state index in [1.165, 1.54) is 12.1 Å². The van der Waals surface area contributed by atoms with E-state index in [1.807, 2.05) is 13.0 Å². The Hall–Kier alpha value is -2.69. The third-order valence-corrected chi connectivity index (χ3v) is 2.75. The molecule has 0 unspecified atom stereocenters. The number of aromatic carboxylic acids is 1. The van der Waals surface area contributed by atoms with Crippen molar-refractivity contribution in [3.8, 4) is 11.5 Å². The number of carboxylic acids is 1. The third kappa shape index (κ3) is 2.06. The Bertz CT molecular complexity index is 777. The van der Waals surface area contributed by atoms with Crippen molar-refractivity contribution in [3.63, 3.8) is 0 Å². The van der Waals surface area contributed by atoms with Crippen molar-refractivity contribution in [2.75, 3.05) is 0 Å². The van der Waals surface area contributed by atoms with E-state index in [4.69, 9.17) is 9.52 Å². The zero-order valence-corrected chi connectivity index (χ0v) is 10.1. The number of nitrogens with zero attached hydrogens (tertiary/aromatic N) is 2. The molecular weight excluding hydrogens is 244 g/mol. The molecule has 0 saturated carbocycles. The molecule has 0 atom stereocenters. The Morgan fingerprint density at radius 1 is 1.21 bits per heavy atom. The SMILES string of the molecule is Cc1ccc2oc(-c3cccc(C(=O)O)c3)nc2n1. The molecule has 1 aromatic carbocycles. The van der Waals surface area contributed by atoms with E-state index in [2.05, 4.69) is 9.97 Å². The van der Waals surface area contributed by atoms with Crippen LogP contribution in [0, 0.1) is 6.92 Å². The third-order valence-electron chi connectivity index (χ3n) is 2.75. The lowest BCUT2D eigenvalue weighted by Gasteiger charge is -1.97. The number of oxazole rings is 1. The summed E-state index contributed by atoms with van der Waals surface area (Å²) in [4.78, 5) is 19.5. The van der Waals surface area contributed by atoms with E-state index in [-0.39, 0.29) is 5.56 Å². The van der Waals surface area contributed by atoms with Crippen LogP contribution in [0.2, 0.25) is 0 Å². The normalized spacial score (nSPS) is 10.8. The minimum absolute atomic E-state index is 0.198. The first-order chi connectivity index (χ1) is 9.13. The molecule has 3 rings (SSSR count). The van der Waals surface area contributed by atoms with E-state index in [0.717, 1.165) is 5.69 Å². The van der Waals surface area contributed by atoms with Crippen molar-refractivity contribution in [3.05, 3.63) is 47.7 Å². The average Bonchev–Trinajstić information content (AvgIpc) is 2.81. The molecule has 19 heavy (non-hydrogen) atoms. The van der Waals surface area contributed by atoms with E-state index < -0.39 is 5.97 Å². The van der Waals surface area contributed by atoms with Gasteiger partial charge in [0.2, 0.25) is 5.89 Å². The highest BCUT2D eigenvalue weighted by molar-refractivity contribution is 5.89. The molecule has 2 aromatic heterocycles. The number of rotatable bonds is 2. The van der Waals surface area contributed by atoms with Crippen molar-refractivity contribution < 1.29 is 14.3 Å². The van der Waals surface area contributed by atoms with Crippen LogP contribution in [0.4, 0.5) is 0 Å². The van der Waals surface area contributed by atoms with Gasteiger partial charge in [0.25, 0.3) is 0 Å². The zero-order valence-electron chi connectivity index (χ0n) is 10.1. The van der Waals surface area contributed by atoms with Crippen LogP contribution >= 0.6 is 0 Å². The van der Waals surface area contributed by atoms with Gasteiger partial charge in [-0.15, -0.1) is 0 Å². The van der Waals surface area contributed by atoms with Gasteiger partial charge >= 0.3 is 5.97 Å². The molecule has 5 nitrogen and oxygen atoms in total. The summed E-state index contributed by atoms with van der Waals surface area (Å²) in [6.07, 6.45) is 0. The van der Waals surface area contributed by atoms with Gasteiger partial charge in [-0.3, -0.25) is 0 Å². The van der Waals surface area contributed by atoms with Gasteiger partial charge < -0.3 is 9.52 Å². The molecule has 2 heterocycles. The van der Waals surface area contributed by atoms with Gasteiger partial charge in [-0.1, -0.05) is 6.07 Å². The van der Waals surface area contributed by atoms with Gasteiger partial charge in [-0.2, -0.15) is 4.98 Å². The minimum atomic E-state index is -0.980. The molecule has 0 aliphatic carbocycles. The maximum Gasteiger partial charge on any atom is 0.335 e. The molecule has 1 N–H and O–H groups in total. The van der Waals surface area contributed by atoms with Crippen molar-refractivity contribution in [1.82, 2.24) is 9.97 Å². The molecular formula is C14H10N2O3. The monoisotopic (exact) mass is 254 g/mol. The standard InChI is InChI=1S/C14H10N2O3/c1-8-5-6-11-12(15-8)16-13(19-11)9-3-2-4-10(7-9)14(17)18/h2-7H,1H3,(H,17,18). The van der Waals surface area contributed by atoms with Crippen LogP contribution < -0.4 is 0 Å². The lowest BCUT2D eigenvalue weighted by atomic mass is 10.1. The second-order valence-electron chi connectivity index (χ2n) is 4.18. The van der Waals surface area contributed by atoms with E-state index in [9.17, 15) is 4.79 Å². The molecule has 5 heteroatoms. The van der Waals surface area contributed by atoms with Gasteiger partial charge in [0.1, 0.15) is 0 Å². The second-order valence-corrected chi connectivity index (χ2v) is 4.18. The Kier molecular flexibility index (Phi) is 2.52. The summed E-state index contributed by atoms with van der Waals surface area (Å²) in [6, 6.07) is 10.1. The number of aryl methyl sites for hydroxylation is 1. The van der Waals surface area contributed by atoms with Gasteiger partial charge in [0.05, 0.1) is 5.56 Å². The van der Waals surface area contributed by atoms with Gasteiger partial charge in [-0.25, -0.2) is 9.78 Å². The van der Waals surface area contributed by atoms with E-state index in [1.54, 1.807) is 18.2 Å². The summed E-state index contributed by atoms with van der Waals surface area (Å²) in [7, 11) is 0. The van der Waals surface area contributed by atoms with Crippen molar-refractivity contribution in [2.45, 2.75) is 6.92 Å². The zero-order chi connectivity index (χ0) is 13.4. The van der Waals surface area contributed by atoms with Crippen LogP contribution in [0.3, 0.4) is 0 Å². The molecule has 0 radical (unpaired) electrons. The fourth-order valence-electron chi connectivity index (χ4n) is 1.82. The first-order valence-electron chi connectivity index (χ1n) is 5.71. The molecule has 0 aliphatic heterocycles. The summed E-state index contributed by atoms with van der Waals surface area (Å²) >= 11 is 0. The highest BCUT2D eigenvalue weighted by Crippen LogP contribution is 2.24. The fourth-order valence-corrected chi connectivity index (χ4v) is 1.82. The van der Waals surface area contributed by atoms with Gasteiger partial charge in [-0.05, 0) is 37.3 Å². The number of fused-ring (bicyclic) bond motifs is 1. The summed E-state index contributed by atoms with van der Waals surface area (Å²) in [5.41, 5.74) is 2.78. The molecule has 0 bridgehead atoms. The summed E-state index contributed by atoms with van der Waals surface area (Å²) in [6.45, 7) is 1.87. The summed E-state index contributed by atoms with van der Waals surface area (Å²) in [5, 5.41) is 8.97. The highest BCUT2D eigenvalue weighted by atomic mass is 16.4. The molecule has 3 aromatic rings. The van der Waals surface area contributed by atoms with Crippen molar-refractivity contribution in [2.24, 2.45) is 0 Å². The highest BCUT2D eigenvalue weighted by Gasteiger charge is 2.11. The van der Waals surface area contributed by atoms with Crippen LogP contribution in [-0.2, 0) is 0 Å².